The van der Waals surface area contributed by atoms with Crippen LogP contribution >= 0.6 is 23.1 Å². The fourth-order valence-corrected chi connectivity index (χ4v) is 3.93. The van der Waals surface area contributed by atoms with E-state index in [1.807, 2.05) is 32.0 Å². The summed E-state index contributed by atoms with van der Waals surface area (Å²) in [6, 6.07) is 7.47. The van der Waals surface area contributed by atoms with Crippen molar-refractivity contribution in [1.82, 2.24) is 0 Å². The molecule has 0 atom stereocenters. The number of amides is 2. The minimum Gasteiger partial charge on any atom is -0.324 e. The third kappa shape index (κ3) is 2.96. The van der Waals surface area contributed by atoms with Gasteiger partial charge < -0.3 is 10.6 Å². The lowest BCUT2D eigenvalue weighted by atomic mass is 10.2. The van der Waals surface area contributed by atoms with Crippen LogP contribution in [0.25, 0.3) is 0 Å². The summed E-state index contributed by atoms with van der Waals surface area (Å²) in [6.45, 7) is 3.93. The third-order valence-corrected chi connectivity index (χ3v) is 5.20. The van der Waals surface area contributed by atoms with Gasteiger partial charge in [0.1, 0.15) is 0 Å². The maximum Gasteiger partial charge on any atom is 0.256 e. The molecule has 0 saturated heterocycles. The van der Waals surface area contributed by atoms with E-state index in [9.17, 15) is 9.59 Å². The Hall–Kier alpha value is -1.79. The minimum atomic E-state index is -0.119. The summed E-state index contributed by atoms with van der Waals surface area (Å²) in [5, 5.41) is 5.70. The van der Waals surface area contributed by atoms with Crippen molar-refractivity contribution in [2.75, 3.05) is 16.4 Å². The molecule has 0 radical (unpaired) electrons. The molecular formula is C15H14N2O2S2. The van der Waals surface area contributed by atoms with Crippen molar-refractivity contribution >= 4 is 46.3 Å². The van der Waals surface area contributed by atoms with Crippen LogP contribution in [-0.4, -0.2) is 17.6 Å². The molecule has 0 saturated carbocycles. The Morgan fingerprint density at radius 3 is 2.81 bits per heavy atom. The van der Waals surface area contributed by atoms with Crippen LogP contribution in [0.2, 0.25) is 0 Å². The second-order valence-corrected chi connectivity index (χ2v) is 7.31. The highest BCUT2D eigenvalue weighted by Crippen LogP contribution is 2.33. The molecule has 108 valence electrons. The summed E-state index contributed by atoms with van der Waals surface area (Å²) >= 11 is 3.11. The monoisotopic (exact) mass is 318 g/mol. The van der Waals surface area contributed by atoms with Crippen molar-refractivity contribution in [3.63, 3.8) is 0 Å². The van der Waals surface area contributed by atoms with Gasteiger partial charge in [-0.15, -0.1) is 23.1 Å². The van der Waals surface area contributed by atoms with Crippen LogP contribution in [0.5, 0.6) is 0 Å². The Labute approximate surface area is 130 Å². The second-order valence-electron chi connectivity index (χ2n) is 4.83. The molecule has 0 spiro atoms. The quantitative estimate of drug-likeness (QED) is 0.888. The highest BCUT2D eigenvalue weighted by molar-refractivity contribution is 8.00. The SMILES string of the molecule is Cc1cc(C(=O)Nc2ccc3c(c2)NC(=O)CS3)c(C)s1. The Morgan fingerprint density at radius 1 is 1.29 bits per heavy atom. The van der Waals surface area contributed by atoms with Gasteiger partial charge in [-0.2, -0.15) is 0 Å². The van der Waals surface area contributed by atoms with E-state index in [1.54, 1.807) is 17.4 Å². The van der Waals surface area contributed by atoms with Gasteiger partial charge in [-0.1, -0.05) is 0 Å². The van der Waals surface area contributed by atoms with Crippen molar-refractivity contribution in [3.8, 4) is 0 Å². The summed E-state index contributed by atoms with van der Waals surface area (Å²) in [4.78, 5) is 26.8. The Kier molecular flexibility index (Phi) is 3.73. The predicted molar refractivity (Wildman–Crippen MR) is 87.5 cm³/mol. The first kappa shape index (κ1) is 14.2. The zero-order chi connectivity index (χ0) is 15.0. The highest BCUT2D eigenvalue weighted by atomic mass is 32.2. The lowest BCUT2D eigenvalue weighted by Crippen LogP contribution is -2.19. The average molecular weight is 318 g/mol. The van der Waals surface area contributed by atoms with E-state index in [2.05, 4.69) is 10.6 Å². The zero-order valence-electron chi connectivity index (χ0n) is 11.6. The largest absolute Gasteiger partial charge is 0.324 e. The molecular weight excluding hydrogens is 304 g/mol. The number of nitrogens with one attached hydrogen (secondary N) is 2. The summed E-state index contributed by atoms with van der Waals surface area (Å²) in [5.74, 6) is 0.304. The molecule has 1 aromatic carbocycles. The highest BCUT2D eigenvalue weighted by Gasteiger charge is 2.17. The molecule has 3 rings (SSSR count). The number of thiophene rings is 1. The first-order chi connectivity index (χ1) is 10.0. The minimum absolute atomic E-state index is 0.0136. The van der Waals surface area contributed by atoms with Crippen molar-refractivity contribution in [2.24, 2.45) is 0 Å². The molecule has 2 aromatic rings. The number of carbonyl (C=O) groups is 2. The maximum atomic E-state index is 12.3. The molecule has 0 bridgehead atoms. The molecule has 2 amide bonds. The van der Waals surface area contributed by atoms with Crippen molar-refractivity contribution < 1.29 is 9.59 Å². The van der Waals surface area contributed by atoms with E-state index in [1.165, 1.54) is 11.8 Å². The summed E-state index contributed by atoms with van der Waals surface area (Å²) in [5.41, 5.74) is 2.14. The van der Waals surface area contributed by atoms with Gasteiger partial charge in [0.2, 0.25) is 5.91 Å². The van der Waals surface area contributed by atoms with E-state index in [0.717, 1.165) is 20.3 Å². The predicted octanol–water partition coefficient (Wildman–Crippen LogP) is 3.66. The summed E-state index contributed by atoms with van der Waals surface area (Å²) in [7, 11) is 0. The fourth-order valence-electron chi connectivity index (χ4n) is 2.22. The van der Waals surface area contributed by atoms with Crippen LogP contribution < -0.4 is 10.6 Å². The van der Waals surface area contributed by atoms with Crippen LogP contribution in [0.1, 0.15) is 20.1 Å². The first-order valence-corrected chi connectivity index (χ1v) is 8.28. The van der Waals surface area contributed by atoms with E-state index in [4.69, 9.17) is 0 Å². The molecule has 0 fully saturated rings. The smallest absolute Gasteiger partial charge is 0.256 e. The van der Waals surface area contributed by atoms with Gasteiger partial charge >= 0.3 is 0 Å². The van der Waals surface area contributed by atoms with Crippen LogP contribution in [0, 0.1) is 13.8 Å². The van der Waals surface area contributed by atoms with Gasteiger partial charge in [-0.25, -0.2) is 0 Å². The number of fused-ring (bicyclic) bond motifs is 1. The van der Waals surface area contributed by atoms with E-state index in [0.29, 0.717) is 17.0 Å². The summed E-state index contributed by atoms with van der Waals surface area (Å²) < 4.78 is 0. The third-order valence-electron chi connectivity index (χ3n) is 3.16. The van der Waals surface area contributed by atoms with Crippen LogP contribution in [0.4, 0.5) is 11.4 Å². The molecule has 2 N–H and O–H groups in total. The lowest BCUT2D eigenvalue weighted by molar-refractivity contribution is -0.113. The van der Waals surface area contributed by atoms with Crippen molar-refractivity contribution in [1.29, 1.82) is 0 Å². The summed E-state index contributed by atoms with van der Waals surface area (Å²) in [6.07, 6.45) is 0. The molecule has 6 heteroatoms. The molecule has 1 aliphatic rings. The lowest BCUT2D eigenvalue weighted by Gasteiger charge is -2.17. The molecule has 0 unspecified atom stereocenters. The average Bonchev–Trinajstić information content (AvgIpc) is 2.77. The molecule has 0 aliphatic carbocycles. The number of aryl methyl sites for hydroxylation is 2. The van der Waals surface area contributed by atoms with Gasteiger partial charge in [0.05, 0.1) is 17.0 Å². The topological polar surface area (TPSA) is 58.2 Å². The molecule has 1 aromatic heterocycles. The Morgan fingerprint density at radius 2 is 2.10 bits per heavy atom. The van der Waals surface area contributed by atoms with Gasteiger partial charge in [-0.3, -0.25) is 9.59 Å². The zero-order valence-corrected chi connectivity index (χ0v) is 13.3. The van der Waals surface area contributed by atoms with E-state index in [-0.39, 0.29) is 11.8 Å². The van der Waals surface area contributed by atoms with E-state index < -0.39 is 0 Å². The van der Waals surface area contributed by atoms with Crippen LogP contribution in [0.3, 0.4) is 0 Å². The van der Waals surface area contributed by atoms with Gasteiger partial charge in [0, 0.05) is 20.3 Å². The fraction of sp³-hybridized carbons (Fsp3) is 0.200. The number of anilines is 2. The van der Waals surface area contributed by atoms with Gasteiger partial charge in [0.25, 0.3) is 5.91 Å². The maximum absolute atomic E-state index is 12.3. The van der Waals surface area contributed by atoms with Crippen molar-refractivity contribution in [3.05, 3.63) is 39.6 Å². The van der Waals surface area contributed by atoms with Gasteiger partial charge in [0.15, 0.2) is 0 Å². The molecule has 1 aliphatic heterocycles. The second kappa shape index (κ2) is 5.54. The number of carbonyl (C=O) groups excluding carboxylic acids is 2. The Bertz CT molecular complexity index is 737. The number of thioether (sulfide) groups is 1. The van der Waals surface area contributed by atoms with Crippen LogP contribution in [0.15, 0.2) is 29.2 Å². The Balaban J connectivity index is 1.82. The first-order valence-electron chi connectivity index (χ1n) is 6.48. The number of hydrogen-bond donors (Lipinski definition) is 2. The normalized spacial score (nSPS) is 13.5. The van der Waals surface area contributed by atoms with Crippen molar-refractivity contribution in [2.45, 2.75) is 18.7 Å². The number of benzene rings is 1. The number of rotatable bonds is 2. The van der Waals surface area contributed by atoms with Crippen LogP contribution in [-0.2, 0) is 4.79 Å². The standard InChI is InChI=1S/C15H14N2O2S2/c1-8-5-11(9(2)21-8)15(19)16-10-3-4-13-12(6-10)17-14(18)7-20-13/h3-6H,7H2,1-2H3,(H,16,19)(H,17,18). The molecule has 4 nitrogen and oxygen atoms in total. The van der Waals surface area contributed by atoms with E-state index >= 15 is 0 Å². The number of hydrogen-bond acceptors (Lipinski definition) is 4. The van der Waals surface area contributed by atoms with Gasteiger partial charge in [-0.05, 0) is 38.1 Å². The molecule has 21 heavy (non-hydrogen) atoms. The molecule has 2 heterocycles.